The molecule has 0 rings (SSSR count). The van der Waals surface area contributed by atoms with Crippen LogP contribution in [-0.4, -0.2) is 32.1 Å². The Kier molecular flexibility index (Phi) is 10.9. The molecule has 17 heavy (non-hydrogen) atoms. The summed E-state index contributed by atoms with van der Waals surface area (Å²) in [7, 11) is 0. The first-order valence-electron chi connectivity index (χ1n) is 6.80. The van der Waals surface area contributed by atoms with Crippen molar-refractivity contribution in [3.05, 3.63) is 0 Å². The Morgan fingerprint density at radius 2 is 1.12 bits per heavy atom. The predicted molar refractivity (Wildman–Crippen MR) is 71.8 cm³/mol. The summed E-state index contributed by atoms with van der Waals surface area (Å²) in [5.74, 6) is -0.467. The standard InChI is InChI=1S/C13H30N2O2/c1-13(2,16-11-7-3-5-9-14)17-12-8-4-6-10-15/h3-12,14-15H2,1-2H3. The SMILES string of the molecule is CC(C)(OCCCCCN)OCCCCCN. The summed E-state index contributed by atoms with van der Waals surface area (Å²) in [4.78, 5) is 0. The van der Waals surface area contributed by atoms with Crippen LogP contribution in [0.4, 0.5) is 0 Å². The Balaban J connectivity index is 3.38. The van der Waals surface area contributed by atoms with E-state index < -0.39 is 5.79 Å². The van der Waals surface area contributed by atoms with Gasteiger partial charge in [0.05, 0.1) is 0 Å². The van der Waals surface area contributed by atoms with E-state index in [0.29, 0.717) is 0 Å². The molecule has 0 bridgehead atoms. The zero-order valence-corrected chi connectivity index (χ0v) is 11.5. The minimum Gasteiger partial charge on any atom is -0.351 e. The van der Waals surface area contributed by atoms with Crippen molar-refractivity contribution in [2.24, 2.45) is 11.5 Å². The number of rotatable bonds is 12. The maximum absolute atomic E-state index is 5.69. The second-order valence-electron chi connectivity index (χ2n) is 4.80. The topological polar surface area (TPSA) is 70.5 Å². The number of hydrogen-bond acceptors (Lipinski definition) is 4. The Morgan fingerprint density at radius 3 is 1.47 bits per heavy atom. The van der Waals surface area contributed by atoms with Gasteiger partial charge >= 0.3 is 0 Å². The van der Waals surface area contributed by atoms with Gasteiger partial charge in [0.25, 0.3) is 0 Å². The maximum atomic E-state index is 5.69. The fourth-order valence-corrected chi connectivity index (χ4v) is 1.52. The predicted octanol–water partition coefficient (Wildman–Crippen LogP) is 2.01. The highest BCUT2D eigenvalue weighted by atomic mass is 16.7. The molecular formula is C13H30N2O2. The van der Waals surface area contributed by atoms with E-state index in [1.54, 1.807) is 0 Å². The molecule has 0 aromatic heterocycles. The lowest BCUT2D eigenvalue weighted by Crippen LogP contribution is -2.29. The van der Waals surface area contributed by atoms with E-state index in [0.717, 1.165) is 64.8 Å². The average Bonchev–Trinajstić information content (AvgIpc) is 2.28. The van der Waals surface area contributed by atoms with Gasteiger partial charge in [-0.15, -0.1) is 0 Å². The molecule has 0 saturated heterocycles. The van der Waals surface area contributed by atoms with Crippen molar-refractivity contribution in [3.8, 4) is 0 Å². The number of unbranched alkanes of at least 4 members (excludes halogenated alkanes) is 4. The van der Waals surface area contributed by atoms with Gasteiger partial charge in [0, 0.05) is 13.2 Å². The third kappa shape index (κ3) is 12.1. The summed E-state index contributed by atoms with van der Waals surface area (Å²) in [5.41, 5.74) is 10.9. The summed E-state index contributed by atoms with van der Waals surface area (Å²) in [5, 5.41) is 0. The highest BCUT2D eigenvalue weighted by Gasteiger charge is 2.17. The lowest BCUT2D eigenvalue weighted by atomic mass is 10.2. The molecule has 0 amide bonds. The summed E-state index contributed by atoms with van der Waals surface area (Å²) in [6.07, 6.45) is 6.51. The molecule has 0 aromatic carbocycles. The second-order valence-corrected chi connectivity index (χ2v) is 4.80. The number of nitrogens with two attached hydrogens (primary N) is 2. The molecule has 4 N–H and O–H groups in total. The normalized spacial score (nSPS) is 12.0. The van der Waals surface area contributed by atoms with Crippen molar-refractivity contribution < 1.29 is 9.47 Å². The molecule has 4 heteroatoms. The molecule has 0 unspecified atom stereocenters. The van der Waals surface area contributed by atoms with Gasteiger partial charge in [-0.2, -0.15) is 0 Å². The molecule has 104 valence electrons. The minimum absolute atomic E-state index is 0.467. The van der Waals surface area contributed by atoms with Crippen LogP contribution in [0.25, 0.3) is 0 Å². The van der Waals surface area contributed by atoms with E-state index in [1.165, 1.54) is 0 Å². The van der Waals surface area contributed by atoms with Crippen LogP contribution < -0.4 is 11.5 Å². The van der Waals surface area contributed by atoms with E-state index in [2.05, 4.69) is 0 Å². The lowest BCUT2D eigenvalue weighted by Gasteiger charge is -2.25. The van der Waals surface area contributed by atoms with Crippen molar-refractivity contribution in [3.63, 3.8) is 0 Å². The van der Waals surface area contributed by atoms with Gasteiger partial charge in [-0.05, 0) is 65.5 Å². The quantitative estimate of drug-likeness (QED) is 0.408. The van der Waals surface area contributed by atoms with Gasteiger partial charge in [0.2, 0.25) is 0 Å². The van der Waals surface area contributed by atoms with Crippen molar-refractivity contribution in [1.82, 2.24) is 0 Å². The van der Waals surface area contributed by atoms with E-state index in [9.17, 15) is 0 Å². The van der Waals surface area contributed by atoms with Crippen molar-refractivity contribution in [2.75, 3.05) is 26.3 Å². The minimum atomic E-state index is -0.467. The molecule has 0 fully saturated rings. The van der Waals surface area contributed by atoms with E-state index >= 15 is 0 Å². The van der Waals surface area contributed by atoms with Crippen molar-refractivity contribution >= 4 is 0 Å². The van der Waals surface area contributed by atoms with Crippen LogP contribution in [0, 0.1) is 0 Å². The molecule has 0 radical (unpaired) electrons. The fraction of sp³-hybridized carbons (Fsp3) is 1.00. The molecule has 0 spiro atoms. The third-order valence-electron chi connectivity index (χ3n) is 2.60. The number of ether oxygens (including phenoxy) is 2. The highest BCUT2D eigenvalue weighted by molar-refractivity contribution is 4.55. The van der Waals surface area contributed by atoms with E-state index in [1.807, 2.05) is 13.8 Å². The van der Waals surface area contributed by atoms with Crippen molar-refractivity contribution in [2.45, 2.75) is 58.2 Å². The summed E-state index contributed by atoms with van der Waals surface area (Å²) in [6, 6.07) is 0. The molecule has 0 aromatic rings. The highest BCUT2D eigenvalue weighted by Crippen LogP contribution is 2.13. The van der Waals surface area contributed by atoms with Crippen LogP contribution >= 0.6 is 0 Å². The zero-order valence-electron chi connectivity index (χ0n) is 11.5. The van der Waals surface area contributed by atoms with Crippen LogP contribution in [0.15, 0.2) is 0 Å². The Bertz CT molecular complexity index is 147. The first-order valence-corrected chi connectivity index (χ1v) is 6.80. The number of hydrogen-bond donors (Lipinski definition) is 2. The van der Waals surface area contributed by atoms with Gasteiger partial charge in [-0.1, -0.05) is 0 Å². The molecule has 0 aliphatic carbocycles. The molecule has 0 atom stereocenters. The van der Waals surface area contributed by atoms with Gasteiger partial charge in [-0.3, -0.25) is 0 Å². The smallest absolute Gasteiger partial charge is 0.162 e. The van der Waals surface area contributed by atoms with Crippen LogP contribution in [0.1, 0.15) is 52.4 Å². The van der Waals surface area contributed by atoms with Gasteiger partial charge < -0.3 is 20.9 Å². The molecular weight excluding hydrogens is 216 g/mol. The summed E-state index contributed by atoms with van der Waals surface area (Å²) < 4.78 is 11.4. The van der Waals surface area contributed by atoms with Crippen LogP contribution in [-0.2, 0) is 9.47 Å². The Hall–Kier alpha value is -0.160. The first kappa shape index (κ1) is 16.8. The maximum Gasteiger partial charge on any atom is 0.162 e. The van der Waals surface area contributed by atoms with Crippen molar-refractivity contribution in [1.29, 1.82) is 0 Å². The van der Waals surface area contributed by atoms with E-state index in [-0.39, 0.29) is 0 Å². The van der Waals surface area contributed by atoms with Crippen LogP contribution in [0.5, 0.6) is 0 Å². The van der Waals surface area contributed by atoms with E-state index in [4.69, 9.17) is 20.9 Å². The third-order valence-corrected chi connectivity index (χ3v) is 2.60. The molecule has 0 aliphatic heterocycles. The molecule has 4 nitrogen and oxygen atoms in total. The Labute approximate surface area is 106 Å². The average molecular weight is 246 g/mol. The first-order chi connectivity index (χ1) is 8.12. The molecule has 0 heterocycles. The summed E-state index contributed by atoms with van der Waals surface area (Å²) >= 11 is 0. The van der Waals surface area contributed by atoms with Gasteiger partial charge in [-0.25, -0.2) is 0 Å². The zero-order chi connectivity index (χ0) is 13.0. The van der Waals surface area contributed by atoms with Gasteiger partial charge in [0.1, 0.15) is 0 Å². The second kappa shape index (κ2) is 11.0. The fourth-order valence-electron chi connectivity index (χ4n) is 1.52. The molecule has 0 aliphatic rings. The van der Waals surface area contributed by atoms with Crippen LogP contribution in [0.2, 0.25) is 0 Å². The largest absolute Gasteiger partial charge is 0.351 e. The molecule has 0 saturated carbocycles. The van der Waals surface area contributed by atoms with Gasteiger partial charge in [0.15, 0.2) is 5.79 Å². The summed E-state index contributed by atoms with van der Waals surface area (Å²) in [6.45, 7) is 6.96. The lowest BCUT2D eigenvalue weighted by molar-refractivity contribution is -0.214. The monoisotopic (exact) mass is 246 g/mol. The Morgan fingerprint density at radius 1 is 0.706 bits per heavy atom. The van der Waals surface area contributed by atoms with Crippen LogP contribution in [0.3, 0.4) is 0 Å².